The molecular formula is C18H8BrN3O6. The average molecular weight is 442 g/mol. The maximum absolute atomic E-state index is 13.1. The number of hydrogen-bond acceptors (Lipinski definition) is 6. The van der Waals surface area contributed by atoms with E-state index in [1.165, 1.54) is 6.07 Å². The van der Waals surface area contributed by atoms with Crippen LogP contribution in [-0.2, 0) is 0 Å². The molecule has 0 radical (unpaired) electrons. The van der Waals surface area contributed by atoms with Gasteiger partial charge in [0.2, 0.25) is 0 Å². The minimum Gasteiger partial charge on any atom is -0.268 e. The lowest BCUT2D eigenvalue weighted by Gasteiger charge is -2.27. The van der Waals surface area contributed by atoms with Crippen LogP contribution in [0.15, 0.2) is 53.0 Å². The highest BCUT2D eigenvalue weighted by Gasteiger charge is 2.37. The van der Waals surface area contributed by atoms with Gasteiger partial charge in [-0.2, -0.15) is 0 Å². The van der Waals surface area contributed by atoms with Crippen LogP contribution >= 0.6 is 15.9 Å². The molecule has 1 aliphatic rings. The minimum atomic E-state index is -0.744. The summed E-state index contributed by atoms with van der Waals surface area (Å²) in [5, 5.41) is 22.8. The Bertz CT molecular complexity index is 1170. The van der Waals surface area contributed by atoms with E-state index in [0.29, 0.717) is 4.47 Å². The van der Waals surface area contributed by atoms with E-state index in [9.17, 15) is 29.8 Å². The SMILES string of the molecule is O=C1c2cc([N+](=O)[O-])cc3cc([N+](=O)[O-])cc(c23)C(=O)N1c1ccccc1Br. The third-order valence-electron chi connectivity index (χ3n) is 4.40. The molecule has 0 bridgehead atoms. The Morgan fingerprint density at radius 2 is 1.32 bits per heavy atom. The monoisotopic (exact) mass is 441 g/mol. The number of carbonyl (C=O) groups excluding carboxylic acids is 2. The Labute approximate surface area is 164 Å². The highest BCUT2D eigenvalue weighted by Crippen LogP contribution is 2.39. The molecule has 1 aliphatic heterocycles. The number of nitrogens with zero attached hydrogens (tertiary/aromatic N) is 3. The van der Waals surface area contributed by atoms with Crippen LogP contribution in [0.3, 0.4) is 0 Å². The molecule has 0 spiro atoms. The summed E-state index contributed by atoms with van der Waals surface area (Å²) in [4.78, 5) is 48.2. The van der Waals surface area contributed by atoms with E-state index >= 15 is 0 Å². The zero-order chi connectivity index (χ0) is 20.2. The lowest BCUT2D eigenvalue weighted by Crippen LogP contribution is -2.40. The first-order valence-corrected chi connectivity index (χ1v) is 8.63. The van der Waals surface area contributed by atoms with E-state index in [-0.39, 0.29) is 27.6 Å². The molecule has 0 saturated carbocycles. The van der Waals surface area contributed by atoms with E-state index in [0.717, 1.165) is 29.2 Å². The number of imide groups is 1. The summed E-state index contributed by atoms with van der Waals surface area (Å²) in [7, 11) is 0. The highest BCUT2D eigenvalue weighted by atomic mass is 79.9. The predicted octanol–water partition coefficient (Wildman–Crippen LogP) is 4.22. The van der Waals surface area contributed by atoms with Crippen LogP contribution in [0.2, 0.25) is 0 Å². The van der Waals surface area contributed by atoms with E-state index in [1.807, 2.05) is 0 Å². The van der Waals surface area contributed by atoms with Crippen molar-refractivity contribution in [3.8, 4) is 0 Å². The summed E-state index contributed by atoms with van der Waals surface area (Å²) >= 11 is 3.28. The summed E-state index contributed by atoms with van der Waals surface area (Å²) in [6.45, 7) is 0. The molecule has 4 rings (SSSR count). The maximum atomic E-state index is 13.1. The zero-order valence-corrected chi connectivity index (χ0v) is 15.4. The van der Waals surface area contributed by atoms with Gasteiger partial charge in [0.15, 0.2) is 0 Å². The van der Waals surface area contributed by atoms with Crippen molar-refractivity contribution < 1.29 is 19.4 Å². The third kappa shape index (κ3) is 2.54. The van der Waals surface area contributed by atoms with E-state index in [1.54, 1.807) is 18.2 Å². The van der Waals surface area contributed by atoms with Gasteiger partial charge in [0.1, 0.15) is 0 Å². The van der Waals surface area contributed by atoms with Gasteiger partial charge in [0.25, 0.3) is 23.2 Å². The first-order chi connectivity index (χ1) is 13.3. The predicted molar refractivity (Wildman–Crippen MR) is 103 cm³/mol. The number of amides is 2. The van der Waals surface area contributed by atoms with Crippen molar-refractivity contribution in [2.45, 2.75) is 0 Å². The molecule has 0 atom stereocenters. The molecule has 138 valence electrons. The van der Waals surface area contributed by atoms with Crippen molar-refractivity contribution in [1.29, 1.82) is 0 Å². The average Bonchev–Trinajstić information content (AvgIpc) is 2.66. The second-order valence-electron chi connectivity index (χ2n) is 6.00. The number of anilines is 1. The Kier molecular flexibility index (Phi) is 3.93. The van der Waals surface area contributed by atoms with Gasteiger partial charge in [-0.15, -0.1) is 0 Å². The first-order valence-electron chi connectivity index (χ1n) is 7.83. The molecule has 0 saturated heterocycles. The van der Waals surface area contributed by atoms with Crippen LogP contribution in [0.25, 0.3) is 10.8 Å². The van der Waals surface area contributed by atoms with Crippen molar-refractivity contribution in [3.05, 3.63) is 84.4 Å². The van der Waals surface area contributed by atoms with Crippen molar-refractivity contribution in [2.24, 2.45) is 0 Å². The first kappa shape index (κ1) is 17.7. The lowest BCUT2D eigenvalue weighted by molar-refractivity contribution is -0.385. The maximum Gasteiger partial charge on any atom is 0.270 e. The molecule has 1 heterocycles. The Hall–Kier alpha value is -3.66. The van der Waals surface area contributed by atoms with Gasteiger partial charge in [-0.3, -0.25) is 29.8 Å². The summed E-state index contributed by atoms with van der Waals surface area (Å²) < 4.78 is 0.451. The fourth-order valence-corrected chi connectivity index (χ4v) is 3.68. The molecule has 28 heavy (non-hydrogen) atoms. The third-order valence-corrected chi connectivity index (χ3v) is 5.07. The molecule has 0 aliphatic carbocycles. The summed E-state index contributed by atoms with van der Waals surface area (Å²) in [5.74, 6) is -1.49. The number of benzene rings is 3. The number of hydrogen-bond donors (Lipinski definition) is 0. The number of rotatable bonds is 3. The van der Waals surface area contributed by atoms with Crippen LogP contribution in [0.5, 0.6) is 0 Å². The topological polar surface area (TPSA) is 124 Å². The zero-order valence-electron chi connectivity index (χ0n) is 13.8. The fraction of sp³-hybridized carbons (Fsp3) is 0. The lowest BCUT2D eigenvalue weighted by atomic mass is 9.92. The van der Waals surface area contributed by atoms with Crippen molar-refractivity contribution in [1.82, 2.24) is 0 Å². The molecule has 2 amide bonds. The Morgan fingerprint density at radius 3 is 1.79 bits per heavy atom. The normalized spacial score (nSPS) is 13.1. The highest BCUT2D eigenvalue weighted by molar-refractivity contribution is 9.10. The summed E-state index contributed by atoms with van der Waals surface area (Å²) in [6.07, 6.45) is 0. The van der Waals surface area contributed by atoms with Crippen LogP contribution in [-0.4, -0.2) is 21.7 Å². The van der Waals surface area contributed by atoms with E-state index in [4.69, 9.17) is 0 Å². The molecule has 0 N–H and O–H groups in total. The number of halogens is 1. The van der Waals surface area contributed by atoms with Crippen LogP contribution in [0.1, 0.15) is 20.7 Å². The summed E-state index contributed by atoms with van der Waals surface area (Å²) in [6, 6.07) is 10.8. The van der Waals surface area contributed by atoms with Crippen LogP contribution < -0.4 is 4.90 Å². The molecule has 3 aromatic rings. The standard InChI is InChI=1S/C18H8BrN3O6/c19-14-3-1-2-4-15(14)20-17(23)12-7-10(21(25)26)5-9-6-11(22(27)28)8-13(16(9)12)18(20)24/h1-8H. The number of nitro groups is 2. The molecular weight excluding hydrogens is 434 g/mol. The van der Waals surface area contributed by atoms with Crippen molar-refractivity contribution in [2.75, 3.05) is 4.90 Å². The number of nitro benzene ring substituents is 2. The second kappa shape index (κ2) is 6.20. The fourth-order valence-electron chi connectivity index (χ4n) is 3.22. The number of non-ortho nitro benzene ring substituents is 2. The number of para-hydroxylation sites is 1. The molecule has 0 aromatic heterocycles. The van der Waals surface area contributed by atoms with Gasteiger partial charge in [-0.25, -0.2) is 4.90 Å². The largest absolute Gasteiger partial charge is 0.270 e. The minimum absolute atomic E-state index is 0.0653. The van der Waals surface area contributed by atoms with Gasteiger partial charge in [-0.05, 0) is 33.4 Å². The molecule has 3 aromatic carbocycles. The van der Waals surface area contributed by atoms with Gasteiger partial charge in [0, 0.05) is 34.1 Å². The van der Waals surface area contributed by atoms with E-state index in [2.05, 4.69) is 15.9 Å². The summed E-state index contributed by atoms with van der Waals surface area (Å²) in [5.41, 5.74) is -0.698. The molecule has 0 fully saturated rings. The van der Waals surface area contributed by atoms with Crippen LogP contribution in [0, 0.1) is 20.2 Å². The molecule has 0 unspecified atom stereocenters. The Balaban J connectivity index is 2.09. The van der Waals surface area contributed by atoms with E-state index < -0.39 is 33.0 Å². The van der Waals surface area contributed by atoms with Crippen molar-refractivity contribution >= 4 is 55.6 Å². The molecule has 10 heteroatoms. The Morgan fingerprint density at radius 1 is 0.821 bits per heavy atom. The smallest absolute Gasteiger partial charge is 0.268 e. The van der Waals surface area contributed by atoms with Gasteiger partial charge in [-0.1, -0.05) is 12.1 Å². The number of carbonyl (C=O) groups is 2. The quantitative estimate of drug-likeness (QED) is 0.340. The van der Waals surface area contributed by atoms with Crippen molar-refractivity contribution in [3.63, 3.8) is 0 Å². The van der Waals surface area contributed by atoms with Gasteiger partial charge >= 0.3 is 0 Å². The van der Waals surface area contributed by atoms with Gasteiger partial charge in [0.05, 0.1) is 26.7 Å². The second-order valence-corrected chi connectivity index (χ2v) is 6.85. The molecule has 9 nitrogen and oxygen atoms in total. The van der Waals surface area contributed by atoms with Crippen LogP contribution in [0.4, 0.5) is 17.1 Å². The van der Waals surface area contributed by atoms with Gasteiger partial charge < -0.3 is 0 Å².